The van der Waals surface area contributed by atoms with E-state index < -0.39 is 0 Å². The Balaban J connectivity index is 1.62. The molecule has 0 spiro atoms. The zero-order valence-corrected chi connectivity index (χ0v) is 19.1. The summed E-state index contributed by atoms with van der Waals surface area (Å²) in [7, 11) is 1.89. The smallest absolute Gasteiger partial charge is 0.257 e. The zero-order valence-electron chi connectivity index (χ0n) is 19.1. The van der Waals surface area contributed by atoms with E-state index in [9.17, 15) is 9.59 Å². The fourth-order valence-corrected chi connectivity index (χ4v) is 5.28. The van der Waals surface area contributed by atoms with Gasteiger partial charge >= 0.3 is 0 Å². The SMILES string of the molecule is CN1CCCCCCCN(C(=O)C2CCC2)[C@@H]2CCCC[C@@H]2Oc2ccccc2C1=O. The molecule has 0 N–H and O–H groups in total. The maximum Gasteiger partial charge on any atom is 0.257 e. The first-order valence-corrected chi connectivity index (χ1v) is 12.5. The Labute approximate surface area is 187 Å². The van der Waals surface area contributed by atoms with E-state index in [-0.39, 0.29) is 24.0 Å². The van der Waals surface area contributed by atoms with Gasteiger partial charge in [-0.2, -0.15) is 0 Å². The van der Waals surface area contributed by atoms with Crippen molar-refractivity contribution >= 4 is 11.8 Å². The Morgan fingerprint density at radius 1 is 0.871 bits per heavy atom. The number of hydrogen-bond donors (Lipinski definition) is 0. The Morgan fingerprint density at radius 3 is 2.35 bits per heavy atom. The van der Waals surface area contributed by atoms with Gasteiger partial charge in [0.25, 0.3) is 5.91 Å². The molecule has 0 saturated heterocycles. The van der Waals surface area contributed by atoms with Crippen LogP contribution in [0.25, 0.3) is 0 Å². The molecule has 1 aromatic rings. The van der Waals surface area contributed by atoms with Crippen LogP contribution in [0.1, 0.15) is 87.4 Å². The third-order valence-electron chi connectivity index (χ3n) is 7.44. The number of ether oxygens (including phenoxy) is 1. The van der Waals surface area contributed by atoms with Crippen LogP contribution >= 0.6 is 0 Å². The molecular formula is C26H38N2O3. The van der Waals surface area contributed by atoms with Crippen LogP contribution < -0.4 is 4.74 Å². The van der Waals surface area contributed by atoms with Crippen LogP contribution in [0.3, 0.4) is 0 Å². The fourth-order valence-electron chi connectivity index (χ4n) is 5.28. The summed E-state index contributed by atoms with van der Waals surface area (Å²) in [5, 5.41) is 0. The number of hydrogen-bond acceptors (Lipinski definition) is 3. The summed E-state index contributed by atoms with van der Waals surface area (Å²) in [6.45, 7) is 1.62. The number of para-hydroxylation sites is 1. The average Bonchev–Trinajstić information content (AvgIpc) is 2.74. The predicted molar refractivity (Wildman–Crippen MR) is 122 cm³/mol. The monoisotopic (exact) mass is 426 g/mol. The predicted octanol–water partition coefficient (Wildman–Crippen LogP) is 5.04. The van der Waals surface area contributed by atoms with Gasteiger partial charge in [0.05, 0.1) is 11.6 Å². The Hall–Kier alpha value is -2.04. The molecule has 2 fully saturated rings. The normalized spacial score (nSPS) is 26.5. The van der Waals surface area contributed by atoms with Crippen LogP contribution in [-0.2, 0) is 4.79 Å². The molecule has 5 heteroatoms. The van der Waals surface area contributed by atoms with Gasteiger partial charge in [-0.15, -0.1) is 0 Å². The third kappa shape index (κ3) is 5.24. The molecule has 2 amide bonds. The molecule has 0 radical (unpaired) electrons. The Morgan fingerprint density at radius 2 is 1.58 bits per heavy atom. The van der Waals surface area contributed by atoms with Crippen molar-refractivity contribution in [1.29, 1.82) is 0 Å². The molecule has 1 aliphatic heterocycles. The minimum Gasteiger partial charge on any atom is -0.487 e. The maximum absolute atomic E-state index is 13.4. The molecule has 2 saturated carbocycles. The zero-order chi connectivity index (χ0) is 21.6. The van der Waals surface area contributed by atoms with E-state index >= 15 is 0 Å². The summed E-state index contributed by atoms with van der Waals surface area (Å²) in [5.41, 5.74) is 0.640. The van der Waals surface area contributed by atoms with Crippen molar-refractivity contribution in [2.45, 2.75) is 89.2 Å². The van der Waals surface area contributed by atoms with Crippen LogP contribution in [0, 0.1) is 5.92 Å². The van der Waals surface area contributed by atoms with E-state index in [4.69, 9.17) is 4.74 Å². The molecule has 0 aromatic heterocycles. The van der Waals surface area contributed by atoms with E-state index in [0.29, 0.717) is 17.2 Å². The van der Waals surface area contributed by atoms with Gasteiger partial charge in [0.2, 0.25) is 5.91 Å². The second-order valence-corrected chi connectivity index (χ2v) is 9.66. The van der Waals surface area contributed by atoms with Crippen LogP contribution in [-0.4, -0.2) is 53.9 Å². The van der Waals surface area contributed by atoms with E-state index in [2.05, 4.69) is 4.90 Å². The average molecular weight is 427 g/mol. The number of rotatable bonds is 1. The lowest BCUT2D eigenvalue weighted by Crippen LogP contribution is -2.53. The summed E-state index contributed by atoms with van der Waals surface area (Å²) in [5.74, 6) is 1.26. The maximum atomic E-state index is 13.4. The standard InChI is InChI=1S/C26H38N2O3/c1-27-18-9-3-2-4-10-19-28(25(29)20-12-11-13-20)22-15-6-8-17-24(22)31-23-16-7-5-14-21(23)26(27)30/h5,7,14,16,20,22,24H,2-4,6,8-13,15,17-19H2,1H3/t22-,24+/m1/s1. The van der Waals surface area contributed by atoms with Crippen molar-refractivity contribution < 1.29 is 14.3 Å². The molecule has 2 aliphatic carbocycles. The minimum absolute atomic E-state index is 0.0280. The van der Waals surface area contributed by atoms with Gasteiger partial charge in [0, 0.05) is 26.1 Å². The highest BCUT2D eigenvalue weighted by atomic mass is 16.5. The molecule has 2 atom stereocenters. The van der Waals surface area contributed by atoms with E-state index in [1.807, 2.05) is 36.2 Å². The van der Waals surface area contributed by atoms with E-state index in [1.54, 1.807) is 0 Å². The molecule has 1 heterocycles. The van der Waals surface area contributed by atoms with Gasteiger partial charge in [0.15, 0.2) is 0 Å². The molecular weight excluding hydrogens is 388 g/mol. The summed E-state index contributed by atoms with van der Waals surface area (Å²) in [4.78, 5) is 30.5. The van der Waals surface area contributed by atoms with Crippen molar-refractivity contribution in [2.75, 3.05) is 20.1 Å². The van der Waals surface area contributed by atoms with Gasteiger partial charge < -0.3 is 14.5 Å². The Bertz CT molecular complexity index is 761. The number of nitrogens with zero attached hydrogens (tertiary/aromatic N) is 2. The number of benzene rings is 1. The van der Waals surface area contributed by atoms with Crippen LogP contribution in [0.2, 0.25) is 0 Å². The number of amides is 2. The first-order chi connectivity index (χ1) is 15.1. The van der Waals surface area contributed by atoms with Crippen molar-refractivity contribution in [2.24, 2.45) is 5.92 Å². The molecule has 5 nitrogen and oxygen atoms in total. The lowest BCUT2D eigenvalue weighted by Gasteiger charge is -2.42. The minimum atomic E-state index is -0.0397. The van der Waals surface area contributed by atoms with E-state index in [0.717, 1.165) is 83.7 Å². The molecule has 0 bridgehead atoms. The van der Waals surface area contributed by atoms with Crippen molar-refractivity contribution in [3.05, 3.63) is 29.8 Å². The number of carbonyl (C=O) groups is 2. The first kappa shape index (κ1) is 22.2. The van der Waals surface area contributed by atoms with Crippen molar-refractivity contribution in [3.63, 3.8) is 0 Å². The summed E-state index contributed by atoms with van der Waals surface area (Å²) >= 11 is 0. The van der Waals surface area contributed by atoms with Crippen LogP contribution in [0.4, 0.5) is 0 Å². The highest BCUT2D eigenvalue weighted by molar-refractivity contribution is 5.96. The Kier molecular flexibility index (Phi) is 7.52. The van der Waals surface area contributed by atoms with Crippen molar-refractivity contribution in [3.8, 4) is 5.75 Å². The van der Waals surface area contributed by atoms with Crippen LogP contribution in [0.15, 0.2) is 24.3 Å². The van der Waals surface area contributed by atoms with Gasteiger partial charge in [-0.05, 0) is 57.1 Å². The quantitative estimate of drug-likeness (QED) is 0.632. The third-order valence-corrected chi connectivity index (χ3v) is 7.44. The molecule has 3 aliphatic rings. The number of fused-ring (bicyclic) bond motifs is 2. The molecule has 0 unspecified atom stereocenters. The number of carbonyl (C=O) groups excluding carboxylic acids is 2. The van der Waals surface area contributed by atoms with Crippen molar-refractivity contribution in [1.82, 2.24) is 9.80 Å². The summed E-state index contributed by atoms with van der Waals surface area (Å²) < 4.78 is 6.57. The topological polar surface area (TPSA) is 49.9 Å². The summed E-state index contributed by atoms with van der Waals surface area (Å²) in [6, 6.07) is 7.76. The second kappa shape index (κ2) is 10.5. The van der Waals surface area contributed by atoms with Crippen LogP contribution in [0.5, 0.6) is 5.75 Å². The molecule has 4 rings (SSSR count). The first-order valence-electron chi connectivity index (χ1n) is 12.5. The fraction of sp³-hybridized carbons (Fsp3) is 0.692. The lowest BCUT2D eigenvalue weighted by atomic mass is 9.82. The molecule has 170 valence electrons. The van der Waals surface area contributed by atoms with Gasteiger partial charge in [0.1, 0.15) is 11.9 Å². The lowest BCUT2D eigenvalue weighted by molar-refractivity contribution is -0.144. The highest BCUT2D eigenvalue weighted by Crippen LogP contribution is 2.34. The van der Waals surface area contributed by atoms with Gasteiger partial charge in [-0.25, -0.2) is 0 Å². The molecule has 1 aromatic carbocycles. The highest BCUT2D eigenvalue weighted by Gasteiger charge is 2.38. The van der Waals surface area contributed by atoms with Gasteiger partial charge in [-0.3, -0.25) is 9.59 Å². The van der Waals surface area contributed by atoms with Gasteiger partial charge in [-0.1, -0.05) is 44.2 Å². The molecule has 31 heavy (non-hydrogen) atoms. The second-order valence-electron chi connectivity index (χ2n) is 9.66. The summed E-state index contributed by atoms with van der Waals surface area (Å²) in [6.07, 6.45) is 12.9. The van der Waals surface area contributed by atoms with E-state index in [1.165, 1.54) is 6.42 Å². The largest absolute Gasteiger partial charge is 0.487 e.